The average Bonchev–Trinajstić information content (AvgIpc) is 2.79. The number of hydrogen-bond donors (Lipinski definition) is 0. The minimum absolute atomic E-state index is 0.0172. The topological polar surface area (TPSA) is 52.6 Å². The Balaban J connectivity index is 1.63. The summed E-state index contributed by atoms with van der Waals surface area (Å²) in [5, 5.41) is -0.176. The summed E-state index contributed by atoms with van der Waals surface area (Å²) in [7, 11) is 0. The van der Waals surface area contributed by atoms with Gasteiger partial charge in [0.05, 0.1) is 29.4 Å². The molecule has 0 heterocycles. The fourth-order valence-electron chi connectivity index (χ4n) is 2.69. The molecule has 0 unspecified atom stereocenters. The van der Waals surface area contributed by atoms with E-state index >= 15 is 0 Å². The van der Waals surface area contributed by atoms with Gasteiger partial charge in [0.1, 0.15) is 13.2 Å². The first kappa shape index (κ1) is 22.3. The Labute approximate surface area is 186 Å². The van der Waals surface area contributed by atoms with Crippen molar-refractivity contribution in [2.24, 2.45) is 0 Å². The maximum atomic E-state index is 12.4. The summed E-state index contributed by atoms with van der Waals surface area (Å²) in [5.74, 6) is 9.97. The Kier molecular flexibility index (Phi) is 8.40. The van der Waals surface area contributed by atoms with E-state index in [1.165, 1.54) is 0 Å². The van der Waals surface area contributed by atoms with Gasteiger partial charge in [0.15, 0.2) is 5.78 Å². The number of Topliss-reactive ketones (excluding diaryl/α,β-unsaturated/α-hetero) is 1. The molecule has 0 bridgehead atoms. The summed E-state index contributed by atoms with van der Waals surface area (Å²) >= 11 is 5.88. The highest BCUT2D eigenvalue weighted by atomic mass is 35.5. The van der Waals surface area contributed by atoms with Gasteiger partial charge in [0, 0.05) is 6.08 Å². The molecule has 0 N–H and O–H groups in total. The van der Waals surface area contributed by atoms with Crippen molar-refractivity contribution in [1.82, 2.24) is 0 Å². The van der Waals surface area contributed by atoms with E-state index in [9.17, 15) is 9.59 Å². The molecule has 0 radical (unpaired) electrons. The third kappa shape index (κ3) is 6.81. The summed E-state index contributed by atoms with van der Waals surface area (Å²) in [4.78, 5) is 24.7. The normalized spacial score (nSPS) is 13.1. The highest BCUT2D eigenvalue weighted by Gasteiger charge is 2.25. The smallest absolute Gasteiger partial charge is 0.214 e. The van der Waals surface area contributed by atoms with Crippen molar-refractivity contribution in [2.45, 2.75) is 13.2 Å². The van der Waals surface area contributed by atoms with Crippen LogP contribution in [0.25, 0.3) is 0 Å². The SMILES string of the molecule is O=C1C=C(Cl)C(=O)C(C#CCOCc2ccccc2)=C1C#CCOCc1ccccc1. The number of carbonyl (C=O) groups excluding carboxylic acids is 2. The maximum Gasteiger partial charge on any atom is 0.214 e. The molecular formula is C26H19ClO4. The Morgan fingerprint density at radius 2 is 1.19 bits per heavy atom. The van der Waals surface area contributed by atoms with Crippen LogP contribution in [0.5, 0.6) is 0 Å². The zero-order valence-electron chi connectivity index (χ0n) is 16.7. The monoisotopic (exact) mass is 430 g/mol. The van der Waals surface area contributed by atoms with E-state index in [4.69, 9.17) is 21.1 Å². The van der Waals surface area contributed by atoms with Crippen LogP contribution in [0.1, 0.15) is 11.1 Å². The summed E-state index contributed by atoms with van der Waals surface area (Å²) < 4.78 is 11.0. The Morgan fingerprint density at radius 1 is 0.710 bits per heavy atom. The molecule has 5 heteroatoms. The highest BCUT2D eigenvalue weighted by Crippen LogP contribution is 2.21. The molecule has 31 heavy (non-hydrogen) atoms. The lowest BCUT2D eigenvalue weighted by atomic mass is 9.95. The van der Waals surface area contributed by atoms with Crippen molar-refractivity contribution in [3.63, 3.8) is 0 Å². The zero-order valence-corrected chi connectivity index (χ0v) is 17.4. The van der Waals surface area contributed by atoms with Gasteiger partial charge < -0.3 is 9.47 Å². The van der Waals surface area contributed by atoms with Crippen molar-refractivity contribution in [3.8, 4) is 23.7 Å². The molecule has 3 rings (SSSR count). The summed E-state index contributed by atoms with van der Waals surface area (Å²) in [5.41, 5.74) is 2.04. The second kappa shape index (κ2) is 11.7. The predicted octanol–water partition coefficient (Wildman–Crippen LogP) is 4.00. The van der Waals surface area contributed by atoms with Crippen molar-refractivity contribution >= 4 is 23.2 Å². The van der Waals surface area contributed by atoms with Crippen LogP contribution < -0.4 is 0 Å². The maximum absolute atomic E-state index is 12.4. The second-order valence-electron chi connectivity index (χ2n) is 6.50. The standard InChI is InChI=1S/C26H19ClO4/c27-24-17-25(28)22(13-7-15-30-18-20-9-3-1-4-10-20)23(26(24)29)14-8-16-31-19-21-11-5-2-6-12-21/h1-6,9-12,17H,15-16,18-19H2. The largest absolute Gasteiger partial charge is 0.364 e. The summed E-state index contributed by atoms with van der Waals surface area (Å²) in [6, 6.07) is 19.3. The fraction of sp³-hybridized carbons (Fsp3) is 0.154. The van der Waals surface area contributed by atoms with Crippen molar-refractivity contribution < 1.29 is 19.1 Å². The van der Waals surface area contributed by atoms with Gasteiger partial charge in [-0.05, 0) is 11.1 Å². The van der Waals surface area contributed by atoms with E-state index in [0.717, 1.165) is 17.2 Å². The molecule has 0 aromatic heterocycles. The molecule has 0 fully saturated rings. The fourth-order valence-corrected chi connectivity index (χ4v) is 2.88. The molecule has 1 aliphatic rings. The van der Waals surface area contributed by atoms with Gasteiger partial charge >= 0.3 is 0 Å². The number of hydrogen-bond acceptors (Lipinski definition) is 4. The van der Waals surface area contributed by atoms with Crippen molar-refractivity contribution in [1.29, 1.82) is 0 Å². The minimum Gasteiger partial charge on any atom is -0.364 e. The molecule has 0 spiro atoms. The van der Waals surface area contributed by atoms with Crippen LogP contribution in [0.15, 0.2) is 82.9 Å². The van der Waals surface area contributed by atoms with Crippen LogP contribution in [0.3, 0.4) is 0 Å². The van der Waals surface area contributed by atoms with E-state index in [1.807, 2.05) is 60.7 Å². The predicted molar refractivity (Wildman–Crippen MR) is 119 cm³/mol. The second-order valence-corrected chi connectivity index (χ2v) is 6.90. The van der Waals surface area contributed by atoms with E-state index < -0.39 is 11.6 Å². The number of ether oxygens (including phenoxy) is 2. The molecule has 0 saturated heterocycles. The molecule has 4 nitrogen and oxygen atoms in total. The van der Waals surface area contributed by atoms with Crippen LogP contribution in [0.2, 0.25) is 0 Å². The van der Waals surface area contributed by atoms with Crippen LogP contribution in [-0.4, -0.2) is 24.8 Å². The van der Waals surface area contributed by atoms with Crippen LogP contribution >= 0.6 is 11.6 Å². The first-order valence-corrected chi connectivity index (χ1v) is 9.94. The third-order valence-corrected chi connectivity index (χ3v) is 4.48. The van der Waals surface area contributed by atoms with E-state index in [1.54, 1.807) is 0 Å². The Bertz CT molecular complexity index is 1120. The zero-order chi connectivity index (χ0) is 21.9. The van der Waals surface area contributed by atoms with Gasteiger partial charge in [0.25, 0.3) is 0 Å². The van der Waals surface area contributed by atoms with Gasteiger partial charge in [-0.15, -0.1) is 0 Å². The lowest BCUT2D eigenvalue weighted by molar-refractivity contribution is -0.114. The molecule has 2 aromatic carbocycles. The Morgan fingerprint density at radius 3 is 1.71 bits per heavy atom. The van der Waals surface area contributed by atoms with E-state index in [0.29, 0.717) is 13.2 Å². The molecule has 0 saturated carbocycles. The van der Waals surface area contributed by atoms with Crippen molar-refractivity contribution in [2.75, 3.05) is 13.2 Å². The molecule has 0 aliphatic heterocycles. The van der Waals surface area contributed by atoms with Gasteiger partial charge in [-0.2, -0.15) is 0 Å². The first-order valence-electron chi connectivity index (χ1n) is 9.56. The van der Waals surface area contributed by atoms with Gasteiger partial charge in [0.2, 0.25) is 5.78 Å². The quantitative estimate of drug-likeness (QED) is 0.395. The molecule has 0 atom stereocenters. The first-order chi connectivity index (χ1) is 15.1. The molecule has 154 valence electrons. The van der Waals surface area contributed by atoms with E-state index in [-0.39, 0.29) is 29.4 Å². The highest BCUT2D eigenvalue weighted by molar-refractivity contribution is 6.49. The van der Waals surface area contributed by atoms with Crippen molar-refractivity contribution in [3.05, 3.63) is 94.0 Å². The number of ketones is 2. The Hall–Kier alpha value is -3.41. The minimum atomic E-state index is -0.522. The van der Waals surface area contributed by atoms with Gasteiger partial charge in [-0.25, -0.2) is 0 Å². The summed E-state index contributed by atoms with van der Waals surface area (Å²) in [6.07, 6.45) is 1.07. The van der Waals surface area contributed by atoms with Crippen LogP contribution in [0, 0.1) is 23.7 Å². The average molecular weight is 431 g/mol. The number of benzene rings is 2. The number of carbonyl (C=O) groups is 2. The van der Waals surface area contributed by atoms with Gasteiger partial charge in [-0.1, -0.05) is 95.9 Å². The molecule has 0 amide bonds. The van der Waals surface area contributed by atoms with Crippen LogP contribution in [0.4, 0.5) is 0 Å². The molecule has 2 aromatic rings. The lowest BCUT2D eigenvalue weighted by Gasteiger charge is -2.08. The third-order valence-electron chi connectivity index (χ3n) is 4.20. The van der Waals surface area contributed by atoms with Crippen LogP contribution in [-0.2, 0) is 32.3 Å². The number of allylic oxidation sites excluding steroid dienone is 4. The molecular weight excluding hydrogens is 412 g/mol. The van der Waals surface area contributed by atoms with Gasteiger partial charge in [-0.3, -0.25) is 9.59 Å². The number of rotatable bonds is 6. The molecule has 1 aliphatic carbocycles. The lowest BCUT2D eigenvalue weighted by Crippen LogP contribution is -2.16. The number of halogens is 1. The van der Waals surface area contributed by atoms with E-state index in [2.05, 4.69) is 23.7 Å². The summed E-state index contributed by atoms with van der Waals surface area (Å²) in [6.45, 7) is 1.01.